The van der Waals surface area contributed by atoms with Gasteiger partial charge in [0.25, 0.3) is 5.91 Å². The molecule has 0 aliphatic carbocycles. The van der Waals surface area contributed by atoms with E-state index in [0.717, 1.165) is 33.8 Å². The average Bonchev–Trinajstić information content (AvgIpc) is 3.30. The number of amides is 1. The standard InChI is InChI=1S/C26H27N3O2S2/c1-16(2)29-25(30)23(33-26(29)32)14-20-15-28(21-9-7-6-8-10-21)27-24(20)19-11-12-22(18(5)13-19)31-17(3)4/h6-17H,1-5H3/b23-14-. The van der Waals surface area contributed by atoms with Crippen LogP contribution in [0.5, 0.6) is 5.75 Å². The molecule has 1 aliphatic rings. The summed E-state index contributed by atoms with van der Waals surface area (Å²) in [6.45, 7) is 10.00. The molecule has 1 amide bonds. The minimum Gasteiger partial charge on any atom is -0.491 e. The third-order valence-corrected chi connectivity index (χ3v) is 6.53. The summed E-state index contributed by atoms with van der Waals surface area (Å²) in [5, 5.41) is 4.89. The molecule has 0 N–H and O–H groups in total. The highest BCUT2D eigenvalue weighted by molar-refractivity contribution is 8.26. The first-order chi connectivity index (χ1) is 15.7. The number of thioether (sulfide) groups is 1. The zero-order valence-corrected chi connectivity index (χ0v) is 21.0. The van der Waals surface area contributed by atoms with Gasteiger partial charge >= 0.3 is 0 Å². The van der Waals surface area contributed by atoms with Crippen molar-refractivity contribution in [3.63, 3.8) is 0 Å². The fraction of sp³-hybridized carbons (Fsp3) is 0.269. The molecule has 170 valence electrons. The normalized spacial score (nSPS) is 15.4. The van der Waals surface area contributed by atoms with Crippen LogP contribution in [0.2, 0.25) is 0 Å². The van der Waals surface area contributed by atoms with Gasteiger partial charge in [0.1, 0.15) is 15.8 Å². The number of carbonyl (C=O) groups excluding carboxylic acids is 1. The third kappa shape index (κ3) is 4.89. The monoisotopic (exact) mass is 477 g/mol. The van der Waals surface area contributed by atoms with E-state index in [2.05, 4.69) is 6.07 Å². The van der Waals surface area contributed by atoms with E-state index in [1.807, 2.05) is 94.0 Å². The fourth-order valence-electron chi connectivity index (χ4n) is 3.68. The summed E-state index contributed by atoms with van der Waals surface area (Å²) in [6, 6.07) is 16.0. The van der Waals surface area contributed by atoms with E-state index in [4.69, 9.17) is 22.1 Å². The van der Waals surface area contributed by atoms with Crippen LogP contribution in [0.3, 0.4) is 0 Å². The van der Waals surface area contributed by atoms with Crippen LogP contribution in [0.1, 0.15) is 38.8 Å². The molecule has 0 radical (unpaired) electrons. The smallest absolute Gasteiger partial charge is 0.266 e. The van der Waals surface area contributed by atoms with E-state index in [1.54, 1.807) is 4.90 Å². The minimum atomic E-state index is -0.0599. The molecule has 7 heteroatoms. The summed E-state index contributed by atoms with van der Waals surface area (Å²) < 4.78 is 8.34. The maximum Gasteiger partial charge on any atom is 0.266 e. The van der Waals surface area contributed by atoms with Crippen molar-refractivity contribution in [3.8, 4) is 22.7 Å². The van der Waals surface area contributed by atoms with Crippen LogP contribution in [0.15, 0.2) is 59.6 Å². The molecular weight excluding hydrogens is 450 g/mol. The summed E-state index contributed by atoms with van der Waals surface area (Å²) in [5.74, 6) is 0.797. The summed E-state index contributed by atoms with van der Waals surface area (Å²) in [7, 11) is 0. The van der Waals surface area contributed by atoms with Gasteiger partial charge in [-0.1, -0.05) is 42.2 Å². The third-order valence-electron chi connectivity index (χ3n) is 5.20. The number of aryl methyl sites for hydroxylation is 1. The number of rotatable bonds is 6. The molecule has 3 aromatic rings. The number of hydrogen-bond acceptors (Lipinski definition) is 5. The van der Waals surface area contributed by atoms with Crippen molar-refractivity contribution in [2.45, 2.75) is 46.8 Å². The summed E-state index contributed by atoms with van der Waals surface area (Å²) in [6.07, 6.45) is 3.96. The fourth-order valence-corrected chi connectivity index (χ4v) is 5.19. The quantitative estimate of drug-likeness (QED) is 0.310. The Morgan fingerprint density at radius 1 is 1.09 bits per heavy atom. The molecule has 5 nitrogen and oxygen atoms in total. The van der Waals surface area contributed by atoms with Gasteiger partial charge in [-0.15, -0.1) is 0 Å². The van der Waals surface area contributed by atoms with Crippen molar-refractivity contribution in [2.24, 2.45) is 0 Å². The van der Waals surface area contributed by atoms with Gasteiger partial charge in [-0.3, -0.25) is 9.69 Å². The first-order valence-corrected chi connectivity index (χ1v) is 12.2. The molecule has 33 heavy (non-hydrogen) atoms. The van der Waals surface area contributed by atoms with Crippen LogP contribution in [0, 0.1) is 6.92 Å². The lowest BCUT2D eigenvalue weighted by Gasteiger charge is -2.18. The van der Waals surface area contributed by atoms with Crippen molar-refractivity contribution in [1.29, 1.82) is 0 Å². The van der Waals surface area contributed by atoms with Gasteiger partial charge < -0.3 is 4.74 Å². The van der Waals surface area contributed by atoms with Crippen LogP contribution in [0.4, 0.5) is 0 Å². The Balaban J connectivity index is 1.80. The molecule has 2 aromatic carbocycles. The number of para-hydroxylation sites is 1. The zero-order valence-electron chi connectivity index (χ0n) is 19.4. The lowest BCUT2D eigenvalue weighted by molar-refractivity contribution is -0.123. The molecule has 0 spiro atoms. The summed E-state index contributed by atoms with van der Waals surface area (Å²) in [5.41, 5.74) is 4.61. The highest BCUT2D eigenvalue weighted by atomic mass is 32.2. The Bertz CT molecular complexity index is 1230. The number of ether oxygens (including phenoxy) is 1. The van der Waals surface area contributed by atoms with E-state index >= 15 is 0 Å². The Hall–Kier alpha value is -2.90. The number of carbonyl (C=O) groups is 1. The molecule has 0 saturated carbocycles. The maximum absolute atomic E-state index is 13.0. The number of hydrogen-bond donors (Lipinski definition) is 0. The molecule has 0 atom stereocenters. The molecule has 1 saturated heterocycles. The van der Waals surface area contributed by atoms with E-state index in [0.29, 0.717) is 9.23 Å². The van der Waals surface area contributed by atoms with Gasteiger partial charge in [0.2, 0.25) is 0 Å². The molecular formula is C26H27N3O2S2. The predicted molar refractivity (Wildman–Crippen MR) is 140 cm³/mol. The first kappa shape index (κ1) is 23.3. The number of thiocarbonyl (C=S) groups is 1. The van der Waals surface area contributed by atoms with Gasteiger partial charge in [-0.25, -0.2) is 4.68 Å². The van der Waals surface area contributed by atoms with Gasteiger partial charge in [0.05, 0.1) is 16.7 Å². The predicted octanol–water partition coefficient (Wildman–Crippen LogP) is 6.24. The van der Waals surface area contributed by atoms with Crippen LogP contribution in [0.25, 0.3) is 23.0 Å². The molecule has 0 unspecified atom stereocenters. The topological polar surface area (TPSA) is 47.4 Å². The first-order valence-electron chi connectivity index (χ1n) is 10.9. The number of benzene rings is 2. The van der Waals surface area contributed by atoms with Crippen LogP contribution in [-0.2, 0) is 4.79 Å². The zero-order chi connectivity index (χ0) is 23.7. The van der Waals surface area contributed by atoms with Crippen LogP contribution >= 0.6 is 24.0 Å². The minimum absolute atomic E-state index is 0.0195. The van der Waals surface area contributed by atoms with Crippen LogP contribution in [-0.4, -0.2) is 37.1 Å². The lowest BCUT2D eigenvalue weighted by Crippen LogP contribution is -2.34. The number of aromatic nitrogens is 2. The number of nitrogens with zero attached hydrogens (tertiary/aromatic N) is 3. The Morgan fingerprint density at radius 3 is 2.42 bits per heavy atom. The van der Waals surface area contributed by atoms with E-state index in [9.17, 15) is 4.79 Å². The highest BCUT2D eigenvalue weighted by Gasteiger charge is 2.34. The second-order valence-corrected chi connectivity index (χ2v) is 10.2. The maximum atomic E-state index is 13.0. The Morgan fingerprint density at radius 2 is 1.82 bits per heavy atom. The average molecular weight is 478 g/mol. The van der Waals surface area contributed by atoms with Gasteiger partial charge in [0.15, 0.2) is 0 Å². The van der Waals surface area contributed by atoms with Crippen molar-refractivity contribution in [2.75, 3.05) is 0 Å². The second-order valence-electron chi connectivity index (χ2n) is 8.51. The Kier molecular flexibility index (Phi) is 6.72. The van der Waals surface area contributed by atoms with Gasteiger partial charge in [-0.05, 0) is 76.6 Å². The van der Waals surface area contributed by atoms with Crippen molar-refractivity contribution in [3.05, 3.63) is 70.8 Å². The van der Waals surface area contributed by atoms with Crippen LogP contribution < -0.4 is 4.74 Å². The molecule has 0 bridgehead atoms. The van der Waals surface area contributed by atoms with Crippen molar-refractivity contribution in [1.82, 2.24) is 14.7 Å². The molecule has 4 rings (SSSR count). The molecule has 2 heterocycles. The largest absolute Gasteiger partial charge is 0.491 e. The van der Waals surface area contributed by atoms with Crippen molar-refractivity contribution < 1.29 is 9.53 Å². The van der Waals surface area contributed by atoms with E-state index in [-0.39, 0.29) is 18.1 Å². The molecule has 1 aliphatic heterocycles. The molecule has 1 fully saturated rings. The lowest BCUT2D eigenvalue weighted by atomic mass is 10.0. The van der Waals surface area contributed by atoms with Crippen molar-refractivity contribution >= 4 is 40.3 Å². The SMILES string of the molecule is Cc1cc(-c2nn(-c3ccccc3)cc2/C=C2\SC(=S)N(C(C)C)C2=O)ccc1OC(C)C. The second kappa shape index (κ2) is 9.53. The molecule has 1 aromatic heterocycles. The summed E-state index contributed by atoms with van der Waals surface area (Å²) >= 11 is 6.79. The summed E-state index contributed by atoms with van der Waals surface area (Å²) in [4.78, 5) is 15.3. The Labute approximate surface area is 204 Å². The van der Waals surface area contributed by atoms with Gasteiger partial charge in [-0.2, -0.15) is 5.10 Å². The van der Waals surface area contributed by atoms with E-state index in [1.165, 1.54) is 11.8 Å². The van der Waals surface area contributed by atoms with Gasteiger partial charge in [0, 0.05) is 23.4 Å². The highest BCUT2D eigenvalue weighted by Crippen LogP contribution is 2.36. The van der Waals surface area contributed by atoms with E-state index < -0.39 is 0 Å².